The molecular weight excluding hydrogens is 184 g/mol. The third-order valence-electron chi connectivity index (χ3n) is 1.97. The molecule has 1 aromatic rings. The second-order valence-electron chi connectivity index (χ2n) is 3.50. The van der Waals surface area contributed by atoms with E-state index in [-0.39, 0.29) is 0 Å². The molecule has 0 aliphatic heterocycles. The highest BCUT2D eigenvalue weighted by Crippen LogP contribution is 2.16. The van der Waals surface area contributed by atoms with Gasteiger partial charge in [0.25, 0.3) is 0 Å². The van der Waals surface area contributed by atoms with Gasteiger partial charge >= 0.3 is 0 Å². The number of hydrogen-bond donors (Lipinski definition) is 0. The third-order valence-corrected chi connectivity index (χ3v) is 3.10. The molecule has 0 radical (unpaired) electrons. The second-order valence-corrected chi connectivity index (χ2v) is 5.51. The lowest BCUT2D eigenvalue weighted by atomic mass is 10.0. The zero-order valence-corrected chi connectivity index (χ0v) is 8.93. The molecule has 0 aromatic heterocycles. The van der Waals surface area contributed by atoms with E-state index >= 15 is 0 Å². The average Bonchev–Trinajstić information content (AvgIpc) is 2.03. The van der Waals surface area contributed by atoms with Gasteiger partial charge in [-0.3, -0.25) is 0 Å². The predicted molar refractivity (Wildman–Crippen MR) is 53.6 cm³/mol. The normalized spacial score (nSPS) is 12.0. The molecule has 72 valence electrons. The Balaban J connectivity index is 3.08. The standard InChI is InChI=1S/C10H14O2S/c1-8(2)9-4-6-10(7-5-9)13(3,11)12/h4-8H,1-3H3. The van der Waals surface area contributed by atoms with Crippen LogP contribution < -0.4 is 0 Å². The molecule has 0 aliphatic carbocycles. The maximum Gasteiger partial charge on any atom is 0.175 e. The summed E-state index contributed by atoms with van der Waals surface area (Å²) in [5, 5.41) is 0. The zero-order valence-electron chi connectivity index (χ0n) is 8.11. The van der Waals surface area contributed by atoms with E-state index in [1.54, 1.807) is 12.1 Å². The third kappa shape index (κ3) is 2.56. The summed E-state index contributed by atoms with van der Waals surface area (Å²) < 4.78 is 22.2. The molecule has 1 rings (SSSR count). The van der Waals surface area contributed by atoms with Gasteiger partial charge in [0.2, 0.25) is 0 Å². The zero-order chi connectivity index (χ0) is 10.1. The minimum Gasteiger partial charge on any atom is -0.224 e. The summed E-state index contributed by atoms with van der Waals surface area (Å²) in [4.78, 5) is 0.386. The van der Waals surface area contributed by atoms with Crippen molar-refractivity contribution in [3.05, 3.63) is 29.8 Å². The highest BCUT2D eigenvalue weighted by molar-refractivity contribution is 7.90. The molecular formula is C10H14O2S. The van der Waals surface area contributed by atoms with Crippen molar-refractivity contribution in [2.75, 3.05) is 6.26 Å². The Labute approximate surface area is 79.5 Å². The van der Waals surface area contributed by atoms with Crippen molar-refractivity contribution < 1.29 is 8.42 Å². The van der Waals surface area contributed by atoms with Crippen LogP contribution in [0.1, 0.15) is 25.3 Å². The van der Waals surface area contributed by atoms with Crippen molar-refractivity contribution in [3.8, 4) is 0 Å². The number of rotatable bonds is 2. The summed E-state index contributed by atoms with van der Waals surface area (Å²) in [5.41, 5.74) is 1.16. The van der Waals surface area contributed by atoms with E-state index in [9.17, 15) is 8.42 Å². The first-order valence-electron chi connectivity index (χ1n) is 4.21. The van der Waals surface area contributed by atoms with Crippen LogP contribution in [0.2, 0.25) is 0 Å². The average molecular weight is 198 g/mol. The SMILES string of the molecule is CC(C)c1ccc(S(C)(=O)=O)cc1. The second kappa shape index (κ2) is 3.50. The van der Waals surface area contributed by atoms with Crippen LogP contribution in [0.3, 0.4) is 0 Å². The molecule has 0 aliphatic rings. The largest absolute Gasteiger partial charge is 0.224 e. The van der Waals surface area contributed by atoms with Gasteiger partial charge in [-0.05, 0) is 23.6 Å². The molecule has 0 amide bonds. The minimum absolute atomic E-state index is 0.386. The Morgan fingerprint density at radius 1 is 1.08 bits per heavy atom. The van der Waals surface area contributed by atoms with Crippen LogP contribution in [-0.4, -0.2) is 14.7 Å². The fraction of sp³-hybridized carbons (Fsp3) is 0.400. The molecule has 0 heterocycles. The van der Waals surface area contributed by atoms with Crippen LogP contribution in [0.4, 0.5) is 0 Å². The van der Waals surface area contributed by atoms with Gasteiger partial charge in [-0.1, -0.05) is 26.0 Å². The van der Waals surface area contributed by atoms with Gasteiger partial charge in [0, 0.05) is 6.26 Å². The molecule has 0 saturated heterocycles. The van der Waals surface area contributed by atoms with Crippen molar-refractivity contribution in [2.45, 2.75) is 24.7 Å². The summed E-state index contributed by atoms with van der Waals surface area (Å²) in [6, 6.07) is 7.04. The van der Waals surface area contributed by atoms with Crippen molar-refractivity contribution in [1.82, 2.24) is 0 Å². The molecule has 0 bridgehead atoms. The molecule has 2 nitrogen and oxygen atoms in total. The lowest BCUT2D eigenvalue weighted by molar-refractivity contribution is 0.602. The van der Waals surface area contributed by atoms with Crippen molar-refractivity contribution in [1.29, 1.82) is 0 Å². The Bertz CT molecular complexity index is 374. The fourth-order valence-corrected chi connectivity index (χ4v) is 1.73. The van der Waals surface area contributed by atoms with Crippen LogP contribution in [-0.2, 0) is 9.84 Å². The quantitative estimate of drug-likeness (QED) is 0.730. The van der Waals surface area contributed by atoms with Crippen LogP contribution in [0.15, 0.2) is 29.2 Å². The molecule has 0 atom stereocenters. The Kier molecular flexibility index (Phi) is 2.76. The van der Waals surface area contributed by atoms with Crippen LogP contribution in [0.5, 0.6) is 0 Å². The lowest BCUT2D eigenvalue weighted by Gasteiger charge is -2.05. The summed E-state index contributed by atoms with van der Waals surface area (Å²) in [6.07, 6.45) is 1.22. The van der Waals surface area contributed by atoms with E-state index in [0.717, 1.165) is 5.56 Å². The summed E-state index contributed by atoms with van der Waals surface area (Å²) >= 11 is 0. The number of sulfone groups is 1. The molecule has 0 unspecified atom stereocenters. The molecule has 3 heteroatoms. The summed E-state index contributed by atoms with van der Waals surface area (Å²) in [6.45, 7) is 4.16. The number of hydrogen-bond acceptors (Lipinski definition) is 2. The van der Waals surface area contributed by atoms with Crippen molar-refractivity contribution in [3.63, 3.8) is 0 Å². The number of benzene rings is 1. The van der Waals surface area contributed by atoms with Gasteiger partial charge in [0.05, 0.1) is 4.90 Å². The van der Waals surface area contributed by atoms with Gasteiger partial charge in [0.1, 0.15) is 0 Å². The minimum atomic E-state index is -3.05. The topological polar surface area (TPSA) is 34.1 Å². The van der Waals surface area contributed by atoms with Crippen LogP contribution >= 0.6 is 0 Å². The molecule has 0 N–H and O–H groups in total. The van der Waals surface area contributed by atoms with Crippen LogP contribution in [0, 0.1) is 0 Å². The molecule has 0 saturated carbocycles. The Hall–Kier alpha value is -0.830. The van der Waals surface area contributed by atoms with Gasteiger partial charge < -0.3 is 0 Å². The highest BCUT2D eigenvalue weighted by Gasteiger charge is 2.06. The van der Waals surface area contributed by atoms with E-state index < -0.39 is 9.84 Å². The first-order chi connectivity index (χ1) is 5.91. The van der Waals surface area contributed by atoms with Gasteiger partial charge in [-0.2, -0.15) is 0 Å². The van der Waals surface area contributed by atoms with E-state index in [1.165, 1.54) is 6.26 Å². The maximum absolute atomic E-state index is 11.1. The monoisotopic (exact) mass is 198 g/mol. The fourth-order valence-electron chi connectivity index (χ4n) is 1.10. The smallest absolute Gasteiger partial charge is 0.175 e. The predicted octanol–water partition coefficient (Wildman–Crippen LogP) is 2.21. The molecule has 0 fully saturated rings. The summed E-state index contributed by atoms with van der Waals surface area (Å²) in [7, 11) is -3.05. The van der Waals surface area contributed by atoms with Gasteiger partial charge in [-0.15, -0.1) is 0 Å². The van der Waals surface area contributed by atoms with Crippen molar-refractivity contribution >= 4 is 9.84 Å². The van der Waals surface area contributed by atoms with E-state index in [0.29, 0.717) is 10.8 Å². The first kappa shape index (κ1) is 10.3. The Morgan fingerprint density at radius 2 is 1.54 bits per heavy atom. The lowest BCUT2D eigenvalue weighted by Crippen LogP contribution is -1.97. The van der Waals surface area contributed by atoms with Crippen LogP contribution in [0.25, 0.3) is 0 Å². The Morgan fingerprint density at radius 3 is 1.85 bits per heavy atom. The van der Waals surface area contributed by atoms with E-state index in [1.807, 2.05) is 12.1 Å². The van der Waals surface area contributed by atoms with Gasteiger partial charge in [0.15, 0.2) is 9.84 Å². The van der Waals surface area contributed by atoms with Crippen molar-refractivity contribution in [2.24, 2.45) is 0 Å². The molecule has 0 spiro atoms. The first-order valence-corrected chi connectivity index (χ1v) is 6.10. The van der Waals surface area contributed by atoms with Gasteiger partial charge in [-0.25, -0.2) is 8.42 Å². The maximum atomic E-state index is 11.1. The molecule has 13 heavy (non-hydrogen) atoms. The molecule has 1 aromatic carbocycles. The van der Waals surface area contributed by atoms with E-state index in [4.69, 9.17) is 0 Å². The van der Waals surface area contributed by atoms with E-state index in [2.05, 4.69) is 13.8 Å². The highest BCUT2D eigenvalue weighted by atomic mass is 32.2. The summed E-state index contributed by atoms with van der Waals surface area (Å²) in [5.74, 6) is 0.439.